The van der Waals surface area contributed by atoms with Crippen LogP contribution in [-0.2, 0) is 6.54 Å². The van der Waals surface area contributed by atoms with Crippen molar-refractivity contribution in [1.82, 2.24) is 14.0 Å². The quantitative estimate of drug-likeness (QED) is 0.692. The van der Waals surface area contributed by atoms with Crippen LogP contribution in [0.3, 0.4) is 0 Å². The summed E-state index contributed by atoms with van der Waals surface area (Å²) in [6, 6.07) is 3.71. The van der Waals surface area contributed by atoms with Crippen LogP contribution in [0.15, 0.2) is 40.9 Å². The molecule has 0 atom stereocenters. The lowest BCUT2D eigenvalue weighted by Crippen LogP contribution is -2.21. The molecule has 0 aliphatic rings. The van der Waals surface area contributed by atoms with E-state index >= 15 is 0 Å². The molecule has 0 unspecified atom stereocenters. The Bertz CT molecular complexity index is 694. The fourth-order valence-electron chi connectivity index (χ4n) is 1.81. The number of aromatic nitrogens is 3. The van der Waals surface area contributed by atoms with Gasteiger partial charge in [-0.3, -0.25) is 9.20 Å². The number of rotatable bonds is 2. The van der Waals surface area contributed by atoms with E-state index in [1.165, 1.54) is 0 Å². The molecular formula is C12H11N3OS. The first-order valence-electron chi connectivity index (χ1n) is 5.31. The Hall–Kier alpha value is -1.88. The smallest absolute Gasteiger partial charge is 0.253 e. The molecule has 0 aromatic carbocycles. The van der Waals surface area contributed by atoms with Crippen molar-refractivity contribution in [2.75, 3.05) is 0 Å². The minimum absolute atomic E-state index is 0.0452. The lowest BCUT2D eigenvalue weighted by molar-refractivity contribution is 0.738. The van der Waals surface area contributed by atoms with Gasteiger partial charge in [0.05, 0.1) is 12.2 Å². The normalized spacial score (nSPS) is 11.1. The summed E-state index contributed by atoms with van der Waals surface area (Å²) in [5, 5.41) is 1.99. The summed E-state index contributed by atoms with van der Waals surface area (Å²) in [6.45, 7) is 2.35. The maximum atomic E-state index is 11.9. The Morgan fingerprint density at radius 2 is 2.29 bits per heavy atom. The first-order chi connectivity index (χ1) is 8.24. The van der Waals surface area contributed by atoms with Crippen molar-refractivity contribution in [2.45, 2.75) is 13.5 Å². The topological polar surface area (TPSA) is 39.3 Å². The van der Waals surface area contributed by atoms with Gasteiger partial charge >= 0.3 is 0 Å². The maximum absolute atomic E-state index is 11.9. The van der Waals surface area contributed by atoms with Crippen LogP contribution in [0.4, 0.5) is 0 Å². The second-order valence-electron chi connectivity index (χ2n) is 3.95. The zero-order valence-corrected chi connectivity index (χ0v) is 10.1. The first kappa shape index (κ1) is 10.3. The van der Waals surface area contributed by atoms with Crippen molar-refractivity contribution >= 4 is 16.3 Å². The van der Waals surface area contributed by atoms with Crippen LogP contribution in [0, 0.1) is 6.92 Å². The predicted octanol–water partition coefficient (Wildman–Crippen LogP) is 1.91. The van der Waals surface area contributed by atoms with Crippen LogP contribution in [0.25, 0.3) is 4.96 Å². The molecule has 0 bridgehead atoms. The fraction of sp³-hybridized carbons (Fsp3) is 0.167. The number of aryl methyl sites for hydroxylation is 1. The van der Waals surface area contributed by atoms with Crippen molar-refractivity contribution in [3.63, 3.8) is 0 Å². The average Bonchev–Trinajstić information content (AvgIpc) is 2.85. The molecule has 0 aliphatic carbocycles. The Morgan fingerprint density at radius 3 is 3.12 bits per heavy atom. The molecule has 0 fully saturated rings. The monoisotopic (exact) mass is 245 g/mol. The third-order valence-electron chi connectivity index (χ3n) is 2.69. The van der Waals surface area contributed by atoms with E-state index < -0.39 is 0 Å². The molecule has 0 spiro atoms. The van der Waals surface area contributed by atoms with Crippen molar-refractivity contribution in [1.29, 1.82) is 0 Å². The summed E-state index contributed by atoms with van der Waals surface area (Å²) >= 11 is 1.59. The van der Waals surface area contributed by atoms with E-state index in [0.29, 0.717) is 6.54 Å². The maximum Gasteiger partial charge on any atom is 0.253 e. The molecule has 3 heterocycles. The number of thiazole rings is 1. The molecule has 0 saturated heterocycles. The Kier molecular flexibility index (Phi) is 2.33. The minimum atomic E-state index is 0.0452. The predicted molar refractivity (Wildman–Crippen MR) is 67.6 cm³/mol. The molecule has 3 aromatic heterocycles. The number of pyridine rings is 1. The van der Waals surface area contributed by atoms with Gasteiger partial charge in [-0.25, -0.2) is 4.98 Å². The van der Waals surface area contributed by atoms with Gasteiger partial charge < -0.3 is 4.57 Å². The summed E-state index contributed by atoms with van der Waals surface area (Å²) < 4.78 is 3.66. The molecule has 3 rings (SSSR count). The second kappa shape index (κ2) is 3.85. The molecule has 4 nitrogen and oxygen atoms in total. The summed E-state index contributed by atoms with van der Waals surface area (Å²) in [5.41, 5.74) is 1.71. The zero-order chi connectivity index (χ0) is 11.8. The van der Waals surface area contributed by atoms with Gasteiger partial charge in [-0.1, -0.05) is 6.07 Å². The second-order valence-corrected chi connectivity index (χ2v) is 4.82. The van der Waals surface area contributed by atoms with Crippen LogP contribution < -0.4 is 5.56 Å². The average molecular weight is 245 g/mol. The highest BCUT2D eigenvalue weighted by Gasteiger charge is 2.05. The van der Waals surface area contributed by atoms with E-state index in [4.69, 9.17) is 0 Å². The molecule has 0 radical (unpaired) electrons. The molecule has 17 heavy (non-hydrogen) atoms. The SMILES string of the molecule is Cc1cccn(Cc2cn3ccsc3n2)c1=O. The van der Waals surface area contributed by atoms with Gasteiger partial charge in [0.25, 0.3) is 5.56 Å². The van der Waals surface area contributed by atoms with Crippen LogP contribution in [-0.4, -0.2) is 14.0 Å². The number of hydrogen-bond acceptors (Lipinski definition) is 3. The third kappa shape index (κ3) is 1.78. The highest BCUT2D eigenvalue weighted by molar-refractivity contribution is 7.15. The van der Waals surface area contributed by atoms with Gasteiger partial charge in [0, 0.05) is 29.5 Å². The molecule has 0 N–H and O–H groups in total. The van der Waals surface area contributed by atoms with Crippen LogP contribution in [0.2, 0.25) is 0 Å². The first-order valence-corrected chi connectivity index (χ1v) is 6.19. The van der Waals surface area contributed by atoms with Gasteiger partial charge in [0.1, 0.15) is 0 Å². The number of imidazole rings is 1. The van der Waals surface area contributed by atoms with Crippen LogP contribution in [0.1, 0.15) is 11.3 Å². The Labute approximate surface area is 102 Å². The van der Waals surface area contributed by atoms with Crippen molar-refractivity contribution in [3.8, 4) is 0 Å². The standard InChI is InChI=1S/C12H11N3OS/c1-9-3-2-4-14(11(9)16)7-10-8-15-5-6-17-12(15)13-10/h2-6,8H,7H2,1H3. The van der Waals surface area contributed by atoms with Gasteiger partial charge in [0.15, 0.2) is 4.96 Å². The molecule has 0 amide bonds. The molecule has 5 heteroatoms. The highest BCUT2D eigenvalue weighted by Crippen LogP contribution is 2.11. The summed E-state index contributed by atoms with van der Waals surface area (Å²) in [7, 11) is 0. The fourth-order valence-corrected chi connectivity index (χ4v) is 2.53. The van der Waals surface area contributed by atoms with Gasteiger partial charge in [0.2, 0.25) is 0 Å². The molecule has 3 aromatic rings. The summed E-state index contributed by atoms with van der Waals surface area (Å²) in [4.78, 5) is 17.3. The van der Waals surface area contributed by atoms with Gasteiger partial charge in [-0.05, 0) is 13.0 Å². The van der Waals surface area contributed by atoms with Crippen LogP contribution in [0.5, 0.6) is 0 Å². The summed E-state index contributed by atoms with van der Waals surface area (Å²) in [5.74, 6) is 0. The summed E-state index contributed by atoms with van der Waals surface area (Å²) in [6.07, 6.45) is 5.72. The van der Waals surface area contributed by atoms with E-state index in [2.05, 4.69) is 4.98 Å². The third-order valence-corrected chi connectivity index (χ3v) is 3.46. The largest absolute Gasteiger partial charge is 0.309 e. The van der Waals surface area contributed by atoms with Gasteiger partial charge in [-0.15, -0.1) is 11.3 Å². The molecule has 0 saturated carbocycles. The van der Waals surface area contributed by atoms with E-state index in [9.17, 15) is 4.79 Å². The van der Waals surface area contributed by atoms with Crippen molar-refractivity contribution < 1.29 is 0 Å². The lowest BCUT2D eigenvalue weighted by Gasteiger charge is -2.03. The lowest BCUT2D eigenvalue weighted by atomic mass is 10.3. The van der Waals surface area contributed by atoms with E-state index in [0.717, 1.165) is 16.2 Å². The van der Waals surface area contributed by atoms with Crippen molar-refractivity contribution in [2.24, 2.45) is 0 Å². The Balaban J connectivity index is 1.99. The van der Waals surface area contributed by atoms with Gasteiger partial charge in [-0.2, -0.15) is 0 Å². The highest BCUT2D eigenvalue weighted by atomic mass is 32.1. The van der Waals surface area contributed by atoms with E-state index in [-0.39, 0.29) is 5.56 Å². The molecule has 86 valence electrons. The number of nitrogens with zero attached hydrogens (tertiary/aromatic N) is 3. The number of hydrogen-bond donors (Lipinski definition) is 0. The molecule has 0 aliphatic heterocycles. The Morgan fingerprint density at radius 1 is 1.41 bits per heavy atom. The molecular weight excluding hydrogens is 234 g/mol. The zero-order valence-electron chi connectivity index (χ0n) is 9.33. The van der Waals surface area contributed by atoms with Crippen LogP contribution >= 0.6 is 11.3 Å². The van der Waals surface area contributed by atoms with E-state index in [1.54, 1.807) is 22.1 Å². The van der Waals surface area contributed by atoms with E-state index in [1.807, 2.05) is 41.2 Å². The minimum Gasteiger partial charge on any atom is -0.309 e. The van der Waals surface area contributed by atoms with Crippen molar-refractivity contribution in [3.05, 3.63) is 57.7 Å². The number of fused-ring (bicyclic) bond motifs is 1.